The summed E-state index contributed by atoms with van der Waals surface area (Å²) in [5.74, 6) is 2.74. The molecule has 1 aliphatic rings. The van der Waals surface area contributed by atoms with Crippen LogP contribution in [0.5, 0.6) is 0 Å². The first-order valence-corrected chi connectivity index (χ1v) is 13.2. The van der Waals surface area contributed by atoms with Crippen molar-refractivity contribution in [1.29, 1.82) is 0 Å². The van der Waals surface area contributed by atoms with Crippen LogP contribution in [0.25, 0.3) is 0 Å². The molecule has 0 aromatic rings. The van der Waals surface area contributed by atoms with Gasteiger partial charge in [0, 0.05) is 10.2 Å². The molecule has 1 atom stereocenters. The Bertz CT molecular complexity index is 171. The third-order valence-electron chi connectivity index (χ3n) is 1.87. The summed E-state index contributed by atoms with van der Waals surface area (Å²) in [6, 6.07) is 0. The van der Waals surface area contributed by atoms with Crippen LogP contribution in [-0.2, 0) is 0 Å². The fourth-order valence-electron chi connectivity index (χ4n) is 1.01. The van der Waals surface area contributed by atoms with Crippen molar-refractivity contribution in [3.63, 3.8) is 0 Å². The summed E-state index contributed by atoms with van der Waals surface area (Å²) in [6.07, 6.45) is 2.61. The number of halogens is 2. The molecule has 0 aromatic heterocycles. The van der Waals surface area contributed by atoms with E-state index in [-0.39, 0.29) is 18.9 Å². The molecule has 0 amide bonds. The monoisotopic (exact) mass is 412 g/mol. The summed E-state index contributed by atoms with van der Waals surface area (Å²) in [4.78, 5) is 0.664. The van der Waals surface area contributed by atoms with Crippen LogP contribution in [0.15, 0.2) is 0 Å². The molecule has 1 aliphatic heterocycles. The fraction of sp³-hybridized carbons (Fsp3) is 0.909. The molecule has 0 aliphatic carbocycles. The summed E-state index contributed by atoms with van der Waals surface area (Å²) in [6.45, 7) is 9.45. The van der Waals surface area contributed by atoms with Crippen LogP contribution < -0.4 is 18.9 Å². The van der Waals surface area contributed by atoms with E-state index in [4.69, 9.17) is 0 Å². The van der Waals surface area contributed by atoms with Crippen molar-refractivity contribution in [2.45, 2.75) is 44.2 Å². The van der Waals surface area contributed by atoms with Crippen molar-refractivity contribution < 1.29 is 18.9 Å². The van der Waals surface area contributed by atoms with Crippen LogP contribution in [0.3, 0.4) is 0 Å². The molecule has 1 unspecified atom stereocenters. The van der Waals surface area contributed by atoms with Gasteiger partial charge in [-0.3, -0.25) is 0 Å². The normalized spacial score (nSPS) is 18.7. The van der Waals surface area contributed by atoms with E-state index in [9.17, 15) is 0 Å². The van der Waals surface area contributed by atoms with Crippen molar-refractivity contribution in [3.8, 4) is 0 Å². The van der Waals surface area contributed by atoms with E-state index >= 15 is 0 Å². The molecule has 0 N–H and O–H groups in total. The molecule has 17 heavy (non-hydrogen) atoms. The van der Waals surface area contributed by atoms with E-state index in [0.29, 0.717) is 4.83 Å². The van der Waals surface area contributed by atoms with Crippen molar-refractivity contribution >= 4 is 63.5 Å². The molecule has 0 nitrogen and oxygen atoms in total. The van der Waals surface area contributed by atoms with Gasteiger partial charge in [-0.05, 0) is 24.3 Å². The van der Waals surface area contributed by atoms with Gasteiger partial charge in [-0.2, -0.15) is 0 Å². The minimum atomic E-state index is -0.914. The van der Waals surface area contributed by atoms with Crippen LogP contribution in [-0.4, -0.2) is 29.7 Å². The molecule has 0 saturated carbocycles. The first-order valence-electron chi connectivity index (χ1n) is 5.71. The van der Waals surface area contributed by atoms with Crippen LogP contribution in [0.2, 0.25) is 19.6 Å². The van der Waals surface area contributed by atoms with Crippen molar-refractivity contribution in [2.75, 3.05) is 16.8 Å². The summed E-state index contributed by atoms with van der Waals surface area (Å²) in [5, 5.41) is 1.10. The average molecular weight is 414 g/mol. The zero-order valence-electron chi connectivity index (χ0n) is 11.7. The Morgan fingerprint density at radius 3 is 1.88 bits per heavy atom. The van der Waals surface area contributed by atoms with Crippen molar-refractivity contribution in [3.05, 3.63) is 4.21 Å². The maximum absolute atomic E-state index is 3.40. The maximum atomic E-state index is 3.40. The predicted octanol–water partition coefficient (Wildman–Crippen LogP) is 2.78. The Labute approximate surface area is 146 Å². The Balaban J connectivity index is 0. The topological polar surface area (TPSA) is 0 Å². The summed E-state index contributed by atoms with van der Waals surface area (Å²) < 4.78 is 1.76. The van der Waals surface area contributed by atoms with Crippen LogP contribution >= 0.6 is 55.4 Å². The van der Waals surface area contributed by atoms with E-state index < -0.39 is 8.07 Å². The van der Waals surface area contributed by atoms with Crippen molar-refractivity contribution in [2.24, 2.45) is 0 Å². The van der Waals surface area contributed by atoms with E-state index in [1.54, 1.807) is 4.21 Å². The second kappa shape index (κ2) is 12.2. The van der Waals surface area contributed by atoms with Gasteiger partial charge in [0.15, 0.2) is 0 Å². The number of hydrogen-bond acceptors (Lipinski definition) is 2. The van der Waals surface area contributed by atoms with Gasteiger partial charge < -0.3 is 23.5 Å². The molecule has 98 valence electrons. The van der Waals surface area contributed by atoms with E-state index in [0.717, 1.165) is 5.33 Å². The molecule has 1 heterocycles. The van der Waals surface area contributed by atoms with Gasteiger partial charge in [-0.25, -0.2) is 4.21 Å². The molecule has 1 rings (SSSR count). The standard InChI is InChI=1S/C7H15S2Si.C4H8Br2.Li/c1-10(2,3)7-8-5-4-6-9-7;1-4(6)2-3-5;/h4-6H2,1-3H3;4H,2-3H2,1H3;/q-1;;+1. The Morgan fingerprint density at radius 1 is 1.24 bits per heavy atom. The van der Waals surface area contributed by atoms with E-state index in [1.165, 1.54) is 24.3 Å². The van der Waals surface area contributed by atoms with Gasteiger partial charge in [-0.1, -0.05) is 66.5 Å². The second-order valence-electron chi connectivity index (χ2n) is 4.85. The van der Waals surface area contributed by atoms with Gasteiger partial charge in [0.25, 0.3) is 0 Å². The number of rotatable bonds is 3. The first kappa shape index (κ1) is 21.8. The van der Waals surface area contributed by atoms with E-state index in [2.05, 4.69) is 81.9 Å². The molecular formula is C11H23Br2LiS2Si. The number of hydrogen-bond donors (Lipinski definition) is 0. The predicted molar refractivity (Wildman–Crippen MR) is 92.9 cm³/mol. The van der Waals surface area contributed by atoms with Crippen LogP contribution in [0, 0.1) is 4.21 Å². The molecular weight excluding hydrogens is 391 g/mol. The Hall–Kier alpha value is 2.47. The van der Waals surface area contributed by atoms with Gasteiger partial charge in [-0.15, -0.1) is 0 Å². The van der Waals surface area contributed by atoms with Crippen molar-refractivity contribution in [1.82, 2.24) is 0 Å². The smallest absolute Gasteiger partial charge is 0.339 e. The fourth-order valence-corrected chi connectivity index (χ4v) is 8.58. The average Bonchev–Trinajstić information content (AvgIpc) is 2.18. The zero-order chi connectivity index (χ0) is 12.6. The van der Waals surface area contributed by atoms with E-state index in [1.807, 2.05) is 0 Å². The van der Waals surface area contributed by atoms with Gasteiger partial charge in [0.1, 0.15) is 0 Å². The molecule has 1 fully saturated rings. The van der Waals surface area contributed by atoms with Crippen LogP contribution in [0.4, 0.5) is 0 Å². The van der Waals surface area contributed by atoms with Crippen LogP contribution in [0.1, 0.15) is 19.8 Å². The quantitative estimate of drug-likeness (QED) is 0.396. The van der Waals surface area contributed by atoms with Gasteiger partial charge >= 0.3 is 18.9 Å². The molecule has 1 saturated heterocycles. The first-order chi connectivity index (χ1) is 7.38. The second-order valence-corrected chi connectivity index (χ2v) is 15.4. The SMILES string of the molecule is CC(Br)CCBr.C[Si](C)(C)[C-]1SCCCS1.[Li+]. The Morgan fingerprint density at radius 2 is 1.71 bits per heavy atom. The van der Waals surface area contributed by atoms with Gasteiger partial charge in [0.05, 0.1) is 0 Å². The number of thioether (sulfide) groups is 2. The molecule has 0 spiro atoms. The number of alkyl halides is 2. The largest absolute Gasteiger partial charge is 1.00 e. The third kappa shape index (κ3) is 13.2. The van der Waals surface area contributed by atoms with Gasteiger partial charge in [0.2, 0.25) is 0 Å². The zero-order valence-corrected chi connectivity index (χ0v) is 17.5. The Kier molecular flexibility index (Phi) is 15.7. The minimum absolute atomic E-state index is 0. The molecule has 0 bridgehead atoms. The third-order valence-corrected chi connectivity index (χ3v) is 10.8. The molecule has 0 radical (unpaired) electrons. The summed E-state index contributed by atoms with van der Waals surface area (Å²) in [7, 11) is -0.914. The molecule has 0 aromatic carbocycles. The maximum Gasteiger partial charge on any atom is 1.00 e. The minimum Gasteiger partial charge on any atom is -0.339 e. The summed E-state index contributed by atoms with van der Waals surface area (Å²) in [5.41, 5.74) is 0. The molecule has 6 heteroatoms. The summed E-state index contributed by atoms with van der Waals surface area (Å²) >= 11 is 10.9.